The van der Waals surface area contributed by atoms with E-state index < -0.39 is 0 Å². The molecule has 1 N–H and O–H groups in total. The smallest absolute Gasteiger partial charge is 0.251 e. The molecule has 0 aliphatic heterocycles. The number of amides is 1. The zero-order valence-electron chi connectivity index (χ0n) is 16.6. The first-order valence-electron chi connectivity index (χ1n) is 9.34. The number of carbonyl (C=O) groups is 1. The molecule has 0 saturated carbocycles. The molecule has 0 saturated heterocycles. The third-order valence-electron chi connectivity index (χ3n) is 3.84. The lowest BCUT2D eigenvalue weighted by atomic mass is 10.1. The Kier molecular flexibility index (Phi) is 7.99. The van der Waals surface area contributed by atoms with Crippen molar-refractivity contribution in [3.63, 3.8) is 0 Å². The number of benzene rings is 2. The maximum absolute atomic E-state index is 12.4. The number of hydrogen-bond donors (Lipinski definition) is 1. The lowest BCUT2D eigenvalue weighted by Gasteiger charge is -2.12. The van der Waals surface area contributed by atoms with E-state index in [1.54, 1.807) is 19.2 Å². The molecule has 2 aromatic rings. The second kappa shape index (κ2) is 10.5. The van der Waals surface area contributed by atoms with Gasteiger partial charge in [0.25, 0.3) is 5.91 Å². The Bertz CT molecular complexity index is 726. The predicted molar refractivity (Wildman–Crippen MR) is 107 cm³/mol. The van der Waals surface area contributed by atoms with E-state index in [2.05, 4.69) is 26.1 Å². The lowest BCUT2D eigenvalue weighted by Crippen LogP contribution is -2.22. The van der Waals surface area contributed by atoms with Crippen LogP contribution in [0.25, 0.3) is 0 Å². The molecule has 0 radical (unpaired) electrons. The summed E-state index contributed by atoms with van der Waals surface area (Å²) < 4.78 is 16.7. The van der Waals surface area contributed by atoms with Crippen molar-refractivity contribution in [2.75, 3.05) is 20.3 Å². The number of rotatable bonds is 10. The third-order valence-corrected chi connectivity index (χ3v) is 3.84. The van der Waals surface area contributed by atoms with E-state index in [4.69, 9.17) is 14.2 Å². The Hall–Kier alpha value is -2.69. The highest BCUT2D eigenvalue weighted by Gasteiger charge is 2.09. The fourth-order valence-electron chi connectivity index (χ4n) is 2.40. The van der Waals surface area contributed by atoms with Gasteiger partial charge in [-0.2, -0.15) is 0 Å². The van der Waals surface area contributed by atoms with Crippen molar-refractivity contribution < 1.29 is 19.0 Å². The minimum atomic E-state index is -0.129. The third kappa shape index (κ3) is 6.51. The summed E-state index contributed by atoms with van der Waals surface area (Å²) in [4.78, 5) is 12.4. The van der Waals surface area contributed by atoms with Crippen LogP contribution < -0.4 is 19.5 Å². The molecule has 0 unspecified atom stereocenters. The molecule has 0 heterocycles. The highest BCUT2D eigenvalue weighted by atomic mass is 16.5. The summed E-state index contributed by atoms with van der Waals surface area (Å²) in [6.07, 6.45) is 0.933. The molecule has 0 aliphatic carbocycles. The Balaban J connectivity index is 1.92. The number of hydrogen-bond acceptors (Lipinski definition) is 4. The molecule has 2 rings (SSSR count). The van der Waals surface area contributed by atoms with Crippen molar-refractivity contribution in [1.29, 1.82) is 0 Å². The van der Waals surface area contributed by atoms with Crippen LogP contribution in [0.3, 0.4) is 0 Å². The van der Waals surface area contributed by atoms with Crippen molar-refractivity contribution >= 4 is 5.91 Å². The first-order valence-corrected chi connectivity index (χ1v) is 9.34. The van der Waals surface area contributed by atoms with Crippen LogP contribution in [0.5, 0.6) is 17.2 Å². The Labute approximate surface area is 161 Å². The minimum absolute atomic E-state index is 0.129. The molecule has 5 nitrogen and oxygen atoms in total. The molecule has 146 valence electrons. The van der Waals surface area contributed by atoms with Crippen molar-refractivity contribution in [2.24, 2.45) is 5.92 Å². The average molecular weight is 371 g/mol. The SMILES string of the molecule is CCCOc1ccc(CNC(=O)c2ccc(OCC(C)C)cc2)cc1OC. The summed E-state index contributed by atoms with van der Waals surface area (Å²) in [6.45, 7) is 7.96. The molecule has 5 heteroatoms. The molecule has 0 bridgehead atoms. The van der Waals surface area contributed by atoms with Crippen LogP contribution >= 0.6 is 0 Å². The summed E-state index contributed by atoms with van der Waals surface area (Å²) in [6, 6.07) is 12.9. The number of ether oxygens (including phenoxy) is 3. The van der Waals surface area contributed by atoms with E-state index in [9.17, 15) is 4.79 Å². The van der Waals surface area contributed by atoms with Crippen LogP contribution in [0.2, 0.25) is 0 Å². The molecule has 1 amide bonds. The van der Waals surface area contributed by atoms with Gasteiger partial charge in [-0.05, 0) is 54.3 Å². The fraction of sp³-hybridized carbons (Fsp3) is 0.409. The highest BCUT2D eigenvalue weighted by Crippen LogP contribution is 2.28. The van der Waals surface area contributed by atoms with E-state index in [-0.39, 0.29) is 5.91 Å². The second-order valence-corrected chi connectivity index (χ2v) is 6.75. The van der Waals surface area contributed by atoms with E-state index in [0.29, 0.717) is 42.7 Å². The van der Waals surface area contributed by atoms with E-state index in [0.717, 1.165) is 17.7 Å². The quantitative estimate of drug-likeness (QED) is 0.670. The van der Waals surface area contributed by atoms with Crippen LogP contribution in [-0.2, 0) is 6.54 Å². The number of methoxy groups -OCH3 is 1. The molecule has 0 fully saturated rings. The Morgan fingerprint density at radius 3 is 2.41 bits per heavy atom. The van der Waals surface area contributed by atoms with Gasteiger partial charge in [0.05, 0.1) is 20.3 Å². The normalized spacial score (nSPS) is 10.6. The Morgan fingerprint density at radius 1 is 1.04 bits per heavy atom. The largest absolute Gasteiger partial charge is 0.493 e. The van der Waals surface area contributed by atoms with Gasteiger partial charge < -0.3 is 19.5 Å². The highest BCUT2D eigenvalue weighted by molar-refractivity contribution is 5.94. The molecule has 0 atom stereocenters. The maximum atomic E-state index is 12.4. The summed E-state index contributed by atoms with van der Waals surface area (Å²) in [7, 11) is 1.61. The molecule has 0 spiro atoms. The van der Waals surface area contributed by atoms with Crippen LogP contribution in [0.4, 0.5) is 0 Å². The molecule has 0 aromatic heterocycles. The van der Waals surface area contributed by atoms with Crippen LogP contribution in [0.15, 0.2) is 42.5 Å². The van der Waals surface area contributed by atoms with Gasteiger partial charge in [0, 0.05) is 12.1 Å². The van der Waals surface area contributed by atoms with Crippen LogP contribution in [0.1, 0.15) is 43.1 Å². The summed E-state index contributed by atoms with van der Waals surface area (Å²) in [5.74, 6) is 2.49. The van der Waals surface area contributed by atoms with Gasteiger partial charge in [-0.15, -0.1) is 0 Å². The number of nitrogens with one attached hydrogen (secondary N) is 1. The van der Waals surface area contributed by atoms with Gasteiger partial charge in [-0.25, -0.2) is 0 Å². The zero-order chi connectivity index (χ0) is 19.6. The molecule has 27 heavy (non-hydrogen) atoms. The molecule has 2 aromatic carbocycles. The summed E-state index contributed by atoms with van der Waals surface area (Å²) >= 11 is 0. The van der Waals surface area contributed by atoms with Crippen LogP contribution in [0, 0.1) is 5.92 Å². The van der Waals surface area contributed by atoms with Crippen molar-refractivity contribution in [3.05, 3.63) is 53.6 Å². The van der Waals surface area contributed by atoms with Crippen molar-refractivity contribution in [2.45, 2.75) is 33.7 Å². The average Bonchev–Trinajstić information content (AvgIpc) is 2.69. The fourth-order valence-corrected chi connectivity index (χ4v) is 2.40. The first-order chi connectivity index (χ1) is 13.0. The second-order valence-electron chi connectivity index (χ2n) is 6.75. The van der Waals surface area contributed by atoms with Gasteiger partial charge in [-0.1, -0.05) is 26.8 Å². The Morgan fingerprint density at radius 2 is 1.78 bits per heavy atom. The summed E-state index contributed by atoms with van der Waals surface area (Å²) in [5.41, 5.74) is 1.54. The van der Waals surface area contributed by atoms with E-state index in [1.165, 1.54) is 0 Å². The van der Waals surface area contributed by atoms with Gasteiger partial charge in [-0.3, -0.25) is 4.79 Å². The number of carbonyl (C=O) groups excluding carboxylic acids is 1. The van der Waals surface area contributed by atoms with Gasteiger partial charge in [0.15, 0.2) is 11.5 Å². The summed E-state index contributed by atoms with van der Waals surface area (Å²) in [5, 5.41) is 2.92. The predicted octanol–water partition coefficient (Wildman–Crippen LogP) is 4.45. The van der Waals surface area contributed by atoms with Gasteiger partial charge >= 0.3 is 0 Å². The monoisotopic (exact) mass is 371 g/mol. The first kappa shape index (κ1) is 20.6. The standard InChI is InChI=1S/C22H29NO4/c1-5-12-26-20-11-6-17(13-21(20)25-4)14-23-22(24)18-7-9-19(10-8-18)27-15-16(2)3/h6-11,13,16H,5,12,14-15H2,1-4H3,(H,23,24). The topological polar surface area (TPSA) is 56.8 Å². The molecular weight excluding hydrogens is 342 g/mol. The van der Waals surface area contributed by atoms with E-state index in [1.807, 2.05) is 30.3 Å². The molecular formula is C22H29NO4. The van der Waals surface area contributed by atoms with Crippen molar-refractivity contribution in [3.8, 4) is 17.2 Å². The minimum Gasteiger partial charge on any atom is -0.493 e. The van der Waals surface area contributed by atoms with Crippen LogP contribution in [-0.4, -0.2) is 26.2 Å². The lowest BCUT2D eigenvalue weighted by molar-refractivity contribution is 0.0951. The molecule has 0 aliphatic rings. The zero-order valence-corrected chi connectivity index (χ0v) is 16.6. The van der Waals surface area contributed by atoms with Gasteiger partial charge in [0.1, 0.15) is 5.75 Å². The maximum Gasteiger partial charge on any atom is 0.251 e. The van der Waals surface area contributed by atoms with Gasteiger partial charge in [0.2, 0.25) is 0 Å². The van der Waals surface area contributed by atoms with E-state index >= 15 is 0 Å². The van der Waals surface area contributed by atoms with Crippen molar-refractivity contribution in [1.82, 2.24) is 5.32 Å².